The van der Waals surface area contributed by atoms with Gasteiger partial charge in [0.2, 0.25) is 11.8 Å². The number of anilines is 1. The molecule has 4 rings (SSSR count). The molecular weight excluding hydrogens is 470 g/mol. The first-order valence-electron chi connectivity index (χ1n) is 10.1. The van der Waals surface area contributed by atoms with Crippen LogP contribution in [0.3, 0.4) is 0 Å². The molecule has 1 aliphatic rings. The summed E-state index contributed by atoms with van der Waals surface area (Å²) in [5.74, 6) is 0.464. The van der Waals surface area contributed by atoms with Gasteiger partial charge in [0.1, 0.15) is 5.25 Å². The molecule has 0 aliphatic carbocycles. The summed E-state index contributed by atoms with van der Waals surface area (Å²) in [5, 5.41) is 11.2. The van der Waals surface area contributed by atoms with Gasteiger partial charge in [-0.2, -0.15) is 0 Å². The quantitative estimate of drug-likeness (QED) is 0.486. The van der Waals surface area contributed by atoms with Crippen molar-refractivity contribution in [3.05, 3.63) is 70.6 Å². The van der Waals surface area contributed by atoms with Crippen molar-refractivity contribution in [2.45, 2.75) is 30.2 Å². The molecule has 2 aromatic carbocycles. The Morgan fingerprint density at radius 2 is 2.03 bits per heavy atom. The van der Waals surface area contributed by atoms with Crippen molar-refractivity contribution in [1.82, 2.24) is 10.2 Å². The molecule has 0 radical (unpaired) electrons. The van der Waals surface area contributed by atoms with Crippen LogP contribution in [0.4, 0.5) is 5.69 Å². The zero-order chi connectivity index (χ0) is 22.7. The lowest BCUT2D eigenvalue weighted by molar-refractivity contribution is -0.115. The molecular formula is C22H22ClN3O4S2. The van der Waals surface area contributed by atoms with Gasteiger partial charge < -0.3 is 9.73 Å². The lowest BCUT2D eigenvalue weighted by atomic mass is 10.1. The standard InChI is InChI=1S/C22H22ClN3O4S2/c1-14-7-8-17(12-18(14)23)24-21(27)20(16-5-3-2-4-6-16)31-22-26-25-19(30-22)11-15-9-10-32(28,29)13-15/h2-8,12,15,20H,9-11,13H2,1H3,(H,24,27)/t15-,20+/m1/s1. The van der Waals surface area contributed by atoms with Gasteiger partial charge in [-0.15, -0.1) is 10.2 Å². The number of aromatic nitrogens is 2. The van der Waals surface area contributed by atoms with Crippen molar-refractivity contribution in [1.29, 1.82) is 0 Å². The average molecular weight is 492 g/mol. The van der Waals surface area contributed by atoms with Gasteiger partial charge in [0.25, 0.3) is 5.22 Å². The molecule has 168 valence electrons. The van der Waals surface area contributed by atoms with Gasteiger partial charge >= 0.3 is 0 Å². The molecule has 1 aliphatic heterocycles. The Balaban J connectivity index is 1.49. The monoisotopic (exact) mass is 491 g/mol. The first-order chi connectivity index (χ1) is 15.3. The lowest BCUT2D eigenvalue weighted by Crippen LogP contribution is -2.19. The Morgan fingerprint density at radius 3 is 2.72 bits per heavy atom. The third-order valence-corrected chi connectivity index (χ3v) is 8.57. The zero-order valence-corrected chi connectivity index (χ0v) is 19.7. The first kappa shape index (κ1) is 22.8. The summed E-state index contributed by atoms with van der Waals surface area (Å²) in [6.45, 7) is 1.89. The second kappa shape index (κ2) is 9.64. The summed E-state index contributed by atoms with van der Waals surface area (Å²) in [6.07, 6.45) is 1.01. The van der Waals surface area contributed by atoms with Crippen LogP contribution in [0.5, 0.6) is 0 Å². The molecule has 1 saturated heterocycles. The van der Waals surface area contributed by atoms with E-state index in [1.807, 2.05) is 43.3 Å². The van der Waals surface area contributed by atoms with Crippen LogP contribution in [-0.2, 0) is 21.1 Å². The number of aryl methyl sites for hydroxylation is 1. The van der Waals surface area contributed by atoms with E-state index >= 15 is 0 Å². The maximum Gasteiger partial charge on any atom is 0.277 e. The molecule has 0 spiro atoms. The molecule has 0 bridgehead atoms. The second-order valence-corrected chi connectivity index (χ2v) is 11.5. The van der Waals surface area contributed by atoms with Gasteiger partial charge in [0.05, 0.1) is 11.5 Å². The molecule has 10 heteroatoms. The number of carbonyl (C=O) groups excluding carboxylic acids is 1. The maximum absolute atomic E-state index is 13.1. The smallest absolute Gasteiger partial charge is 0.277 e. The van der Waals surface area contributed by atoms with Crippen LogP contribution in [0.15, 0.2) is 58.2 Å². The highest BCUT2D eigenvalue weighted by Crippen LogP contribution is 2.36. The Hall–Kier alpha value is -2.36. The highest BCUT2D eigenvalue weighted by atomic mass is 35.5. The minimum Gasteiger partial charge on any atom is -0.416 e. The van der Waals surface area contributed by atoms with Crippen LogP contribution < -0.4 is 5.32 Å². The van der Waals surface area contributed by atoms with Gasteiger partial charge in [-0.25, -0.2) is 8.42 Å². The molecule has 2 heterocycles. The molecule has 1 fully saturated rings. The van der Waals surface area contributed by atoms with Crippen LogP contribution in [0.1, 0.15) is 28.7 Å². The maximum atomic E-state index is 13.1. The van der Waals surface area contributed by atoms with E-state index in [9.17, 15) is 13.2 Å². The minimum atomic E-state index is -2.97. The topological polar surface area (TPSA) is 102 Å². The number of hydrogen-bond acceptors (Lipinski definition) is 7. The normalized spacial score (nSPS) is 18.4. The van der Waals surface area contributed by atoms with Crippen LogP contribution in [0.25, 0.3) is 0 Å². The lowest BCUT2D eigenvalue weighted by Gasteiger charge is -2.15. The van der Waals surface area contributed by atoms with E-state index in [0.717, 1.165) is 22.9 Å². The number of rotatable bonds is 7. The predicted octanol–water partition coefficient (Wildman–Crippen LogP) is 4.48. The van der Waals surface area contributed by atoms with Crippen LogP contribution in [-0.4, -0.2) is 36.0 Å². The van der Waals surface area contributed by atoms with E-state index in [-0.39, 0.29) is 28.6 Å². The van der Waals surface area contributed by atoms with Crippen LogP contribution in [0, 0.1) is 12.8 Å². The highest BCUT2D eigenvalue weighted by molar-refractivity contribution is 8.00. The molecule has 1 aromatic heterocycles. The number of amides is 1. The van der Waals surface area contributed by atoms with Gasteiger partial charge in [-0.1, -0.05) is 48.0 Å². The molecule has 3 aromatic rings. The predicted molar refractivity (Wildman–Crippen MR) is 125 cm³/mol. The number of sulfone groups is 1. The van der Waals surface area contributed by atoms with Crippen molar-refractivity contribution in [3.8, 4) is 0 Å². The molecule has 2 atom stereocenters. The molecule has 1 amide bonds. The van der Waals surface area contributed by atoms with Crippen molar-refractivity contribution >= 4 is 44.8 Å². The summed E-state index contributed by atoms with van der Waals surface area (Å²) >= 11 is 7.34. The van der Waals surface area contributed by atoms with Crippen molar-refractivity contribution in [3.63, 3.8) is 0 Å². The summed E-state index contributed by atoms with van der Waals surface area (Å²) in [4.78, 5) is 13.1. The number of halogens is 1. The highest BCUT2D eigenvalue weighted by Gasteiger charge is 2.30. The number of nitrogens with one attached hydrogen (secondary N) is 1. The van der Waals surface area contributed by atoms with Crippen molar-refractivity contribution in [2.75, 3.05) is 16.8 Å². The first-order valence-corrected chi connectivity index (χ1v) is 13.2. The molecule has 0 unspecified atom stereocenters. The summed E-state index contributed by atoms with van der Waals surface area (Å²) in [5.41, 5.74) is 2.31. The number of benzene rings is 2. The largest absolute Gasteiger partial charge is 0.416 e. The van der Waals surface area contributed by atoms with Crippen molar-refractivity contribution < 1.29 is 17.6 Å². The van der Waals surface area contributed by atoms with Crippen molar-refractivity contribution in [2.24, 2.45) is 5.92 Å². The molecule has 1 N–H and O–H groups in total. The van der Waals surface area contributed by atoms with E-state index in [1.54, 1.807) is 12.1 Å². The fourth-order valence-corrected chi connectivity index (χ4v) is 6.46. The summed E-state index contributed by atoms with van der Waals surface area (Å²) in [6, 6.07) is 14.7. The number of thioether (sulfide) groups is 1. The number of carbonyl (C=O) groups is 1. The number of nitrogens with zero attached hydrogens (tertiary/aromatic N) is 2. The second-order valence-electron chi connectivity index (χ2n) is 7.80. The summed E-state index contributed by atoms with van der Waals surface area (Å²) in [7, 11) is -2.97. The molecule has 7 nitrogen and oxygen atoms in total. The Labute approximate surface area is 195 Å². The Morgan fingerprint density at radius 1 is 1.25 bits per heavy atom. The minimum absolute atomic E-state index is 0.0159. The van der Waals surface area contributed by atoms with E-state index in [1.165, 1.54) is 0 Å². The summed E-state index contributed by atoms with van der Waals surface area (Å²) < 4.78 is 29.1. The van der Waals surface area contributed by atoms with Gasteiger partial charge in [-0.05, 0) is 54.3 Å². The average Bonchev–Trinajstić information content (AvgIpc) is 3.35. The fraction of sp³-hybridized carbons (Fsp3) is 0.318. The van der Waals surface area contributed by atoms with E-state index in [0.29, 0.717) is 29.4 Å². The van der Waals surface area contributed by atoms with Gasteiger partial charge in [0.15, 0.2) is 9.84 Å². The zero-order valence-electron chi connectivity index (χ0n) is 17.3. The third-order valence-electron chi connectivity index (χ3n) is 5.24. The molecule has 32 heavy (non-hydrogen) atoms. The SMILES string of the molecule is Cc1ccc(NC(=O)[C@@H](Sc2nnc(C[C@H]3CCS(=O)(=O)C3)o2)c2ccccc2)cc1Cl. The van der Waals surface area contributed by atoms with Crippen LogP contribution >= 0.6 is 23.4 Å². The number of hydrogen-bond donors (Lipinski definition) is 1. The van der Waals surface area contributed by atoms with Gasteiger partial charge in [-0.3, -0.25) is 4.79 Å². The van der Waals surface area contributed by atoms with Crippen LogP contribution in [0.2, 0.25) is 5.02 Å². The van der Waals surface area contributed by atoms with E-state index in [2.05, 4.69) is 15.5 Å². The van der Waals surface area contributed by atoms with Gasteiger partial charge in [0, 0.05) is 17.1 Å². The Bertz CT molecular complexity index is 1210. The fourth-order valence-electron chi connectivity index (χ4n) is 3.53. The molecule has 0 saturated carbocycles. The third kappa shape index (κ3) is 5.70. The van der Waals surface area contributed by atoms with E-state index < -0.39 is 15.1 Å². The van der Waals surface area contributed by atoms with E-state index in [4.69, 9.17) is 16.0 Å². The Kier molecular flexibility index (Phi) is 6.88.